The first-order valence-electron chi connectivity index (χ1n) is 30.8. The van der Waals surface area contributed by atoms with Gasteiger partial charge in [0.1, 0.15) is 46.3 Å². The van der Waals surface area contributed by atoms with Crippen molar-refractivity contribution in [3.8, 4) is 46.3 Å². The van der Waals surface area contributed by atoms with Crippen LogP contribution in [-0.2, 0) is 5.41 Å². The Kier molecular flexibility index (Phi) is 8.93. The van der Waals surface area contributed by atoms with Crippen molar-refractivity contribution in [3.05, 3.63) is 253 Å². The van der Waals surface area contributed by atoms with E-state index in [1.54, 1.807) is 0 Å². The highest BCUT2D eigenvalue weighted by molar-refractivity contribution is 7.06. The SMILES string of the molecule is CC1(C)c2cc3c(cc2-c2cc4c(cc21)Oc1c(C#N)c2c5c6c1B4c1ccccc1N6c1ccccc1B5c1ccccc1N2c1ccccc1)B1c2ccccc2N2c4ccccc4B4c5ccccc5N(c5ccccc5)c5c(C#N)c(c1c2c54)O3. The first kappa shape index (κ1) is 47.9. The van der Waals surface area contributed by atoms with Crippen LogP contribution in [0.25, 0.3) is 11.1 Å². The number of hydrogen-bond donors (Lipinski definition) is 0. The van der Waals surface area contributed by atoms with E-state index in [0.717, 1.165) is 146 Å². The highest BCUT2D eigenvalue weighted by atomic mass is 16.5. The molecule has 0 radical (unpaired) electrons. The molecule has 0 fully saturated rings. The number of anilines is 12. The Balaban J connectivity index is 0.810. The second kappa shape index (κ2) is 16.6. The third kappa shape index (κ3) is 5.67. The van der Waals surface area contributed by atoms with Gasteiger partial charge in [0.05, 0.1) is 11.4 Å². The number of fused-ring (bicyclic) bond motifs is 23. The number of ether oxygens (including phenoxy) is 2. The topological polar surface area (TPSA) is 79.0 Å². The zero-order valence-electron chi connectivity index (χ0n) is 48.2. The molecule has 9 aliphatic rings. The highest BCUT2D eigenvalue weighted by Crippen LogP contribution is 2.56. The predicted molar refractivity (Wildman–Crippen MR) is 364 cm³/mol. The van der Waals surface area contributed by atoms with Crippen LogP contribution in [0.3, 0.4) is 0 Å². The molecule has 12 aromatic rings. The van der Waals surface area contributed by atoms with Crippen LogP contribution in [0.15, 0.2) is 231 Å². The molecule has 89 heavy (non-hydrogen) atoms. The van der Waals surface area contributed by atoms with E-state index >= 15 is 0 Å². The average Bonchev–Trinajstić information content (AvgIpc) is 0.923. The molecule has 0 amide bonds. The molecule has 0 N–H and O–H groups in total. The van der Waals surface area contributed by atoms with Gasteiger partial charge in [-0.05, 0) is 161 Å². The van der Waals surface area contributed by atoms with Gasteiger partial charge in [0.2, 0.25) is 0 Å². The van der Waals surface area contributed by atoms with Gasteiger partial charge in [0.15, 0.2) is 0 Å². The summed E-state index contributed by atoms with van der Waals surface area (Å²) in [4.78, 5) is 9.57. The second-order valence-corrected chi connectivity index (χ2v) is 25.5. The summed E-state index contributed by atoms with van der Waals surface area (Å²) >= 11 is 0. The van der Waals surface area contributed by atoms with Crippen molar-refractivity contribution in [2.75, 3.05) is 19.6 Å². The zero-order chi connectivity index (χ0) is 58.4. The molecule has 1 aliphatic carbocycles. The smallest absolute Gasteiger partial charge is 0.256 e. The normalized spacial score (nSPS) is 15.1. The fraction of sp³-hybridized carbons (Fsp3) is 0.0390. The van der Waals surface area contributed by atoms with Gasteiger partial charge in [-0.25, -0.2) is 0 Å². The quantitative estimate of drug-likeness (QED) is 0.159. The van der Waals surface area contributed by atoms with Crippen LogP contribution in [0, 0.1) is 22.7 Å². The summed E-state index contributed by atoms with van der Waals surface area (Å²) in [6, 6.07) is 89.0. The summed E-state index contributed by atoms with van der Waals surface area (Å²) in [6.07, 6.45) is 0. The largest absolute Gasteiger partial charge is 0.457 e. The number of nitrogens with zero attached hydrogens (tertiary/aromatic N) is 6. The van der Waals surface area contributed by atoms with Gasteiger partial charge in [-0.2, -0.15) is 10.5 Å². The predicted octanol–water partition coefficient (Wildman–Crippen LogP) is 9.77. The lowest BCUT2D eigenvalue weighted by Gasteiger charge is -2.49. The van der Waals surface area contributed by atoms with E-state index in [0.29, 0.717) is 22.6 Å². The van der Waals surface area contributed by atoms with Crippen molar-refractivity contribution in [1.29, 1.82) is 10.5 Å². The van der Waals surface area contributed by atoms with E-state index < -0.39 is 5.41 Å². The molecule has 12 heteroatoms. The summed E-state index contributed by atoms with van der Waals surface area (Å²) in [7, 11) is 0. The van der Waals surface area contributed by atoms with E-state index in [9.17, 15) is 10.5 Å². The molecule has 0 atom stereocenters. The van der Waals surface area contributed by atoms with Gasteiger partial charge in [-0.3, -0.25) is 0 Å². The first-order valence-corrected chi connectivity index (χ1v) is 30.8. The lowest BCUT2D eigenvalue weighted by molar-refractivity contribution is 0.482. The molecule has 0 spiro atoms. The third-order valence-corrected chi connectivity index (χ3v) is 21.2. The van der Waals surface area contributed by atoms with Crippen LogP contribution < -0.4 is 94.6 Å². The maximum absolute atomic E-state index is 12.0. The molecule has 8 nitrogen and oxygen atoms in total. The van der Waals surface area contributed by atoms with Gasteiger partial charge in [0.25, 0.3) is 26.9 Å². The van der Waals surface area contributed by atoms with Crippen LogP contribution in [0.5, 0.6) is 23.0 Å². The summed E-state index contributed by atoms with van der Waals surface area (Å²) in [5.41, 5.74) is 31.1. The minimum absolute atomic E-state index is 0.153. The average molecular weight is 1130 g/mol. The van der Waals surface area contributed by atoms with Gasteiger partial charge in [0, 0.05) is 62.3 Å². The molecule has 0 unspecified atom stereocenters. The van der Waals surface area contributed by atoms with Crippen LogP contribution in [0.2, 0.25) is 0 Å². The zero-order valence-corrected chi connectivity index (χ0v) is 48.2. The molecule has 8 aliphatic heterocycles. The minimum Gasteiger partial charge on any atom is -0.457 e. The standard InChI is InChI=1S/C77H44B4N6O2/c1-77(2)49-39-65-57(80-55-29-13-19-35-63(55)86-61-33-17-11-27-53(61)78-51-25-9-15-31-59(51)84(43-21-5-3-6-22-43)71-47(41-82)75(88-65)69(80)73(86)67(71)78)37-45(49)46-38-58-66(40-50(46)77)89-76-48(42-83)72-68-74-70(76)81(58)56-30-14-20-36-64(56)87(74)62-34-18-12-28-54(62)79(68)52-26-10-16-32-60(52)85(72)44-23-7-4-8-24-44/h3-40H,1-2H3. The van der Waals surface area contributed by atoms with Crippen LogP contribution >= 0.6 is 0 Å². The lowest BCUT2D eigenvalue weighted by Crippen LogP contribution is -2.68. The Morgan fingerprint density at radius 3 is 0.944 bits per heavy atom. The van der Waals surface area contributed by atoms with E-state index in [1.165, 1.54) is 21.9 Å². The van der Waals surface area contributed by atoms with E-state index in [1.807, 2.05) is 12.1 Å². The molecule has 8 heterocycles. The number of hydrogen-bond acceptors (Lipinski definition) is 8. The van der Waals surface area contributed by atoms with Crippen molar-refractivity contribution >= 4 is 161 Å². The summed E-state index contributed by atoms with van der Waals surface area (Å²) in [5.74, 6) is 2.72. The molecular weight excluding hydrogens is 1080 g/mol. The van der Waals surface area contributed by atoms with E-state index in [-0.39, 0.29) is 26.9 Å². The maximum atomic E-state index is 12.0. The molecule has 0 bridgehead atoms. The third-order valence-electron chi connectivity index (χ3n) is 21.2. The minimum atomic E-state index is -0.528. The van der Waals surface area contributed by atoms with Gasteiger partial charge < -0.3 is 29.1 Å². The Labute approximate surface area is 515 Å². The van der Waals surface area contributed by atoms with Gasteiger partial charge >= 0.3 is 0 Å². The Morgan fingerprint density at radius 2 is 0.618 bits per heavy atom. The number of para-hydroxylation sites is 8. The number of rotatable bonds is 2. The van der Waals surface area contributed by atoms with Crippen LogP contribution in [-0.4, -0.2) is 26.9 Å². The Morgan fingerprint density at radius 1 is 0.326 bits per heavy atom. The summed E-state index contributed by atoms with van der Waals surface area (Å²) in [5, 5.41) is 23.9. The summed E-state index contributed by atoms with van der Waals surface area (Å²) < 4.78 is 15.2. The van der Waals surface area contributed by atoms with E-state index in [4.69, 9.17) is 9.47 Å². The highest BCUT2D eigenvalue weighted by Gasteiger charge is 2.56. The van der Waals surface area contributed by atoms with Crippen molar-refractivity contribution in [2.45, 2.75) is 19.3 Å². The Bertz CT molecular complexity index is 5070. The van der Waals surface area contributed by atoms with Gasteiger partial charge in [-0.1, -0.05) is 172 Å². The van der Waals surface area contributed by atoms with E-state index in [2.05, 4.69) is 264 Å². The van der Waals surface area contributed by atoms with Crippen LogP contribution in [0.4, 0.5) is 68.2 Å². The molecule has 0 aromatic heterocycles. The van der Waals surface area contributed by atoms with Crippen molar-refractivity contribution < 1.29 is 9.47 Å². The molecule has 12 aromatic carbocycles. The lowest BCUT2D eigenvalue weighted by atomic mass is 9.29. The fourth-order valence-electron chi connectivity index (χ4n) is 17.8. The Hall–Kier alpha value is -11.3. The van der Waals surface area contributed by atoms with Crippen molar-refractivity contribution in [1.82, 2.24) is 0 Å². The number of nitriles is 2. The van der Waals surface area contributed by atoms with Gasteiger partial charge in [-0.15, -0.1) is 0 Å². The van der Waals surface area contributed by atoms with Crippen molar-refractivity contribution in [2.24, 2.45) is 0 Å². The fourth-order valence-corrected chi connectivity index (χ4v) is 17.8. The summed E-state index contributed by atoms with van der Waals surface area (Å²) in [6.45, 7) is 3.77. The number of benzene rings is 12. The molecular formula is C77H44B4N6O2. The molecule has 406 valence electrons. The monoisotopic (exact) mass is 1130 g/mol. The molecule has 0 saturated carbocycles. The molecule has 0 saturated heterocycles. The van der Waals surface area contributed by atoms with Crippen molar-refractivity contribution in [3.63, 3.8) is 0 Å². The second-order valence-electron chi connectivity index (χ2n) is 25.5. The maximum Gasteiger partial charge on any atom is 0.256 e. The van der Waals surface area contributed by atoms with Crippen LogP contribution in [0.1, 0.15) is 36.1 Å². The first-order chi connectivity index (χ1) is 43.9. The molecule has 21 rings (SSSR count).